The number of aliphatic carboxylic acids is 1. The molecule has 0 saturated carbocycles. The second kappa shape index (κ2) is 5.15. The van der Waals surface area contributed by atoms with Gasteiger partial charge in [0.2, 0.25) is 0 Å². The van der Waals surface area contributed by atoms with Crippen LogP contribution in [-0.4, -0.2) is 11.1 Å². The highest BCUT2D eigenvalue weighted by Gasteiger charge is 2.07. The molecule has 0 spiro atoms. The van der Waals surface area contributed by atoms with Crippen molar-refractivity contribution in [3.63, 3.8) is 0 Å². The van der Waals surface area contributed by atoms with Crippen LogP contribution in [0.4, 0.5) is 0 Å². The highest BCUT2D eigenvalue weighted by atomic mass is 32.1. The first-order valence-corrected chi connectivity index (χ1v) is 5.75. The van der Waals surface area contributed by atoms with Crippen LogP contribution in [0.25, 0.3) is 0 Å². The Morgan fingerprint density at radius 2 is 2.29 bits per heavy atom. The summed E-state index contributed by atoms with van der Waals surface area (Å²) in [6, 6.07) is 4.17. The van der Waals surface area contributed by atoms with Gasteiger partial charge in [0, 0.05) is 9.75 Å². The summed E-state index contributed by atoms with van der Waals surface area (Å²) in [5, 5.41) is 8.54. The minimum absolute atomic E-state index is 0.237. The molecule has 0 saturated heterocycles. The Hall–Kier alpha value is -0.830. The topological polar surface area (TPSA) is 37.3 Å². The van der Waals surface area contributed by atoms with Crippen LogP contribution in [0.15, 0.2) is 12.1 Å². The molecule has 1 heterocycles. The van der Waals surface area contributed by atoms with Crippen LogP contribution >= 0.6 is 11.3 Å². The molecule has 1 rings (SSSR count). The lowest BCUT2D eigenvalue weighted by atomic mass is 10.1. The van der Waals surface area contributed by atoms with E-state index in [0.29, 0.717) is 12.3 Å². The number of carboxylic acid groups (broad SMARTS) is 1. The number of hydrogen-bond acceptors (Lipinski definition) is 2. The highest BCUT2D eigenvalue weighted by Crippen LogP contribution is 2.27. The standard InChI is InChI=1S/C11H16O2S/c1-3-8(2)10-6-4-9(14-10)5-7-11(12)13/h4,6,8H,3,5,7H2,1-2H3,(H,12,13). The maximum absolute atomic E-state index is 10.4. The first-order chi connectivity index (χ1) is 6.63. The number of rotatable bonds is 5. The summed E-state index contributed by atoms with van der Waals surface area (Å²) < 4.78 is 0. The monoisotopic (exact) mass is 212 g/mol. The lowest BCUT2D eigenvalue weighted by Gasteiger charge is -2.03. The van der Waals surface area contributed by atoms with Crippen molar-refractivity contribution in [3.8, 4) is 0 Å². The van der Waals surface area contributed by atoms with Crippen molar-refractivity contribution in [3.05, 3.63) is 21.9 Å². The Morgan fingerprint density at radius 3 is 2.86 bits per heavy atom. The summed E-state index contributed by atoms with van der Waals surface area (Å²) in [4.78, 5) is 12.9. The van der Waals surface area contributed by atoms with E-state index in [0.717, 1.165) is 6.42 Å². The molecule has 0 aromatic carbocycles. The molecule has 1 aromatic rings. The van der Waals surface area contributed by atoms with Gasteiger partial charge in [-0.3, -0.25) is 4.79 Å². The molecule has 1 N–H and O–H groups in total. The first kappa shape index (κ1) is 11.2. The second-order valence-electron chi connectivity index (χ2n) is 3.51. The molecule has 0 bridgehead atoms. The van der Waals surface area contributed by atoms with Crippen LogP contribution < -0.4 is 0 Å². The fourth-order valence-corrected chi connectivity index (χ4v) is 2.37. The van der Waals surface area contributed by atoms with Gasteiger partial charge in [-0.25, -0.2) is 0 Å². The molecule has 1 atom stereocenters. The molecule has 2 nitrogen and oxygen atoms in total. The van der Waals surface area contributed by atoms with Crippen molar-refractivity contribution < 1.29 is 9.90 Å². The zero-order valence-corrected chi connectivity index (χ0v) is 9.43. The lowest BCUT2D eigenvalue weighted by Crippen LogP contribution is -1.95. The zero-order valence-electron chi connectivity index (χ0n) is 8.62. The molecule has 3 heteroatoms. The van der Waals surface area contributed by atoms with Gasteiger partial charge in [-0.05, 0) is 30.9 Å². The second-order valence-corrected chi connectivity index (χ2v) is 4.71. The van der Waals surface area contributed by atoms with E-state index in [1.165, 1.54) is 9.75 Å². The van der Waals surface area contributed by atoms with Gasteiger partial charge in [-0.15, -0.1) is 11.3 Å². The molecule has 0 amide bonds. The molecule has 14 heavy (non-hydrogen) atoms. The van der Waals surface area contributed by atoms with E-state index in [1.54, 1.807) is 11.3 Å². The predicted octanol–water partition coefficient (Wildman–Crippen LogP) is 3.28. The van der Waals surface area contributed by atoms with E-state index in [1.807, 2.05) is 0 Å². The van der Waals surface area contributed by atoms with Crippen LogP contribution in [0.1, 0.15) is 42.4 Å². The Kier molecular flexibility index (Phi) is 4.14. The number of hydrogen-bond donors (Lipinski definition) is 1. The van der Waals surface area contributed by atoms with Crippen molar-refractivity contribution in [1.82, 2.24) is 0 Å². The van der Waals surface area contributed by atoms with Gasteiger partial charge in [0.1, 0.15) is 0 Å². The van der Waals surface area contributed by atoms with Crippen LogP contribution in [0.3, 0.4) is 0 Å². The van der Waals surface area contributed by atoms with Crippen LogP contribution in [0, 0.1) is 0 Å². The van der Waals surface area contributed by atoms with Gasteiger partial charge in [-0.1, -0.05) is 13.8 Å². The third kappa shape index (κ3) is 3.14. The van der Waals surface area contributed by atoms with E-state index < -0.39 is 5.97 Å². The highest BCUT2D eigenvalue weighted by molar-refractivity contribution is 7.12. The van der Waals surface area contributed by atoms with Crippen LogP contribution in [-0.2, 0) is 11.2 Å². The molecular weight excluding hydrogens is 196 g/mol. The summed E-state index contributed by atoms with van der Waals surface area (Å²) in [7, 11) is 0. The summed E-state index contributed by atoms with van der Waals surface area (Å²) >= 11 is 1.74. The smallest absolute Gasteiger partial charge is 0.303 e. The van der Waals surface area contributed by atoms with Crippen molar-refractivity contribution >= 4 is 17.3 Å². The summed E-state index contributed by atoms with van der Waals surface area (Å²) in [6.45, 7) is 4.37. The Morgan fingerprint density at radius 1 is 1.57 bits per heavy atom. The maximum atomic E-state index is 10.4. The number of thiophene rings is 1. The average molecular weight is 212 g/mol. The molecule has 78 valence electrons. The van der Waals surface area contributed by atoms with E-state index >= 15 is 0 Å². The van der Waals surface area contributed by atoms with Gasteiger partial charge in [0.15, 0.2) is 0 Å². The SMILES string of the molecule is CCC(C)c1ccc(CCC(=O)O)s1. The largest absolute Gasteiger partial charge is 0.481 e. The van der Waals surface area contributed by atoms with Crippen molar-refractivity contribution in [2.45, 2.75) is 39.0 Å². The van der Waals surface area contributed by atoms with Crippen LogP contribution in [0.2, 0.25) is 0 Å². The van der Waals surface area contributed by atoms with Gasteiger partial charge >= 0.3 is 5.97 Å². The van der Waals surface area contributed by atoms with E-state index in [4.69, 9.17) is 5.11 Å². The fraction of sp³-hybridized carbons (Fsp3) is 0.545. The Labute approximate surface area is 88.6 Å². The molecule has 1 unspecified atom stereocenters. The minimum atomic E-state index is -0.719. The first-order valence-electron chi connectivity index (χ1n) is 4.94. The molecule has 0 radical (unpaired) electrons. The fourth-order valence-electron chi connectivity index (χ4n) is 1.23. The summed E-state index contributed by atoms with van der Waals surface area (Å²) in [5.74, 6) is -0.123. The predicted molar refractivity (Wildman–Crippen MR) is 59.0 cm³/mol. The Balaban J connectivity index is 2.54. The number of aryl methyl sites for hydroxylation is 1. The summed E-state index contributed by atoms with van der Waals surface area (Å²) in [6.07, 6.45) is 2.04. The molecule has 1 aromatic heterocycles. The quantitative estimate of drug-likeness (QED) is 0.813. The molecule has 0 aliphatic carbocycles. The average Bonchev–Trinajstić information content (AvgIpc) is 2.62. The third-order valence-electron chi connectivity index (χ3n) is 2.37. The molecule has 0 aliphatic rings. The zero-order chi connectivity index (χ0) is 10.6. The van der Waals surface area contributed by atoms with Crippen molar-refractivity contribution in [1.29, 1.82) is 0 Å². The minimum Gasteiger partial charge on any atom is -0.481 e. The van der Waals surface area contributed by atoms with E-state index in [9.17, 15) is 4.79 Å². The van der Waals surface area contributed by atoms with Crippen molar-refractivity contribution in [2.24, 2.45) is 0 Å². The molecule has 0 aliphatic heterocycles. The third-order valence-corrected chi connectivity index (χ3v) is 3.74. The van der Waals surface area contributed by atoms with Gasteiger partial charge < -0.3 is 5.11 Å². The molecular formula is C11H16O2S. The number of carboxylic acids is 1. The maximum Gasteiger partial charge on any atom is 0.303 e. The van der Waals surface area contributed by atoms with Gasteiger partial charge in [0.05, 0.1) is 6.42 Å². The van der Waals surface area contributed by atoms with Crippen LogP contribution in [0.5, 0.6) is 0 Å². The molecule has 0 fully saturated rings. The lowest BCUT2D eigenvalue weighted by molar-refractivity contribution is -0.136. The van der Waals surface area contributed by atoms with Crippen molar-refractivity contribution in [2.75, 3.05) is 0 Å². The van der Waals surface area contributed by atoms with E-state index in [2.05, 4.69) is 26.0 Å². The van der Waals surface area contributed by atoms with Gasteiger partial charge in [-0.2, -0.15) is 0 Å². The summed E-state index contributed by atoms with van der Waals surface area (Å²) in [5.41, 5.74) is 0. The van der Waals surface area contributed by atoms with E-state index in [-0.39, 0.29) is 6.42 Å². The van der Waals surface area contributed by atoms with Gasteiger partial charge in [0.25, 0.3) is 0 Å². The normalized spacial score (nSPS) is 12.7. The Bertz CT molecular complexity index is 304. The number of carbonyl (C=O) groups is 1.